The largest absolute Gasteiger partial charge is 0.387 e. The zero-order valence-electron chi connectivity index (χ0n) is 14.5. The van der Waals surface area contributed by atoms with Crippen LogP contribution in [0.25, 0.3) is 0 Å². The minimum Gasteiger partial charge on any atom is -0.387 e. The van der Waals surface area contributed by atoms with Gasteiger partial charge in [-0.2, -0.15) is 5.10 Å². The molecule has 0 spiro atoms. The second-order valence-corrected chi connectivity index (χ2v) is 6.89. The summed E-state index contributed by atoms with van der Waals surface area (Å²) >= 11 is 0. The van der Waals surface area contributed by atoms with Gasteiger partial charge in [0.05, 0.1) is 23.6 Å². The van der Waals surface area contributed by atoms with Crippen molar-refractivity contribution in [2.24, 2.45) is 0 Å². The molecule has 24 heavy (non-hydrogen) atoms. The summed E-state index contributed by atoms with van der Waals surface area (Å²) in [5, 5.41) is 17.5. The Hall–Kier alpha value is -2.14. The van der Waals surface area contributed by atoms with Gasteiger partial charge in [-0.25, -0.2) is 0 Å². The zero-order valence-corrected chi connectivity index (χ0v) is 14.5. The molecule has 5 heteroatoms. The van der Waals surface area contributed by atoms with Crippen molar-refractivity contribution in [2.45, 2.75) is 51.7 Å². The lowest BCUT2D eigenvalue weighted by molar-refractivity contribution is 0.0915. The molecule has 128 valence electrons. The Morgan fingerprint density at radius 3 is 2.58 bits per heavy atom. The van der Waals surface area contributed by atoms with Crippen molar-refractivity contribution >= 4 is 5.91 Å². The third-order valence-electron chi connectivity index (χ3n) is 4.45. The molecule has 2 aromatic rings. The van der Waals surface area contributed by atoms with E-state index in [1.165, 1.54) is 0 Å². The Balaban J connectivity index is 1.68. The van der Waals surface area contributed by atoms with Gasteiger partial charge in [0.1, 0.15) is 0 Å². The molecule has 2 N–H and O–H groups in total. The minimum absolute atomic E-state index is 0.157. The minimum atomic E-state index is -0.709. The van der Waals surface area contributed by atoms with Crippen LogP contribution in [0.5, 0.6) is 0 Å². The van der Waals surface area contributed by atoms with Crippen molar-refractivity contribution in [3.05, 3.63) is 52.8 Å². The molecule has 1 aliphatic carbocycles. The number of benzene rings is 1. The maximum Gasteiger partial charge on any atom is 0.254 e. The van der Waals surface area contributed by atoms with Crippen LogP contribution in [0.1, 0.15) is 71.9 Å². The summed E-state index contributed by atoms with van der Waals surface area (Å²) in [6.07, 6.45) is 3.18. The SMILES string of the molecule is Cc1ccc(C(O)CNC(=O)c2cnn(C(C)C)c2C2CC2)cc1. The maximum absolute atomic E-state index is 12.5. The Morgan fingerprint density at radius 1 is 1.33 bits per heavy atom. The van der Waals surface area contributed by atoms with E-state index >= 15 is 0 Å². The van der Waals surface area contributed by atoms with Gasteiger partial charge in [-0.05, 0) is 39.2 Å². The van der Waals surface area contributed by atoms with E-state index in [0.717, 1.165) is 29.7 Å². The van der Waals surface area contributed by atoms with E-state index in [-0.39, 0.29) is 18.5 Å². The lowest BCUT2D eigenvalue weighted by atomic mass is 10.1. The first kappa shape index (κ1) is 16.7. The number of aromatic nitrogens is 2. The standard InChI is InChI=1S/C19H25N3O2/c1-12(2)22-18(15-8-9-15)16(10-21-22)19(24)20-11-17(23)14-6-4-13(3)5-7-14/h4-7,10,12,15,17,23H,8-9,11H2,1-3H3,(H,20,24). The summed E-state index contributed by atoms with van der Waals surface area (Å²) < 4.78 is 1.95. The topological polar surface area (TPSA) is 67.2 Å². The molecule has 1 aromatic heterocycles. The molecule has 1 aromatic carbocycles. The van der Waals surface area contributed by atoms with E-state index < -0.39 is 6.10 Å². The molecule has 1 heterocycles. The van der Waals surface area contributed by atoms with E-state index in [9.17, 15) is 9.90 Å². The third kappa shape index (κ3) is 3.51. The average molecular weight is 327 g/mol. The highest BCUT2D eigenvalue weighted by Gasteiger charge is 2.33. The molecular weight excluding hydrogens is 302 g/mol. The molecule has 1 saturated carbocycles. The normalized spacial score (nSPS) is 15.5. The van der Waals surface area contributed by atoms with Crippen LogP contribution in [0, 0.1) is 6.92 Å². The van der Waals surface area contributed by atoms with Gasteiger partial charge in [0.15, 0.2) is 0 Å². The number of aryl methyl sites for hydroxylation is 1. The number of aliphatic hydroxyl groups excluding tert-OH is 1. The number of hydrogen-bond donors (Lipinski definition) is 2. The molecule has 0 saturated heterocycles. The second-order valence-electron chi connectivity index (χ2n) is 6.89. The molecule has 1 fully saturated rings. The van der Waals surface area contributed by atoms with E-state index in [4.69, 9.17) is 0 Å². The molecule has 1 amide bonds. The average Bonchev–Trinajstić information content (AvgIpc) is 3.30. The van der Waals surface area contributed by atoms with E-state index in [1.807, 2.05) is 35.9 Å². The van der Waals surface area contributed by atoms with Crippen LogP contribution in [0.15, 0.2) is 30.5 Å². The van der Waals surface area contributed by atoms with Gasteiger partial charge in [-0.3, -0.25) is 9.48 Å². The highest BCUT2D eigenvalue weighted by Crippen LogP contribution is 2.42. The molecule has 5 nitrogen and oxygen atoms in total. The van der Waals surface area contributed by atoms with Gasteiger partial charge in [0.25, 0.3) is 5.91 Å². The Kier molecular flexibility index (Phi) is 4.71. The number of carbonyl (C=O) groups is 1. The van der Waals surface area contributed by atoms with Crippen molar-refractivity contribution in [1.82, 2.24) is 15.1 Å². The van der Waals surface area contributed by atoms with E-state index in [2.05, 4.69) is 24.3 Å². The third-order valence-corrected chi connectivity index (χ3v) is 4.45. The summed E-state index contributed by atoms with van der Waals surface area (Å²) in [7, 11) is 0. The number of hydrogen-bond acceptors (Lipinski definition) is 3. The number of rotatable bonds is 6. The van der Waals surface area contributed by atoms with Crippen molar-refractivity contribution in [1.29, 1.82) is 0 Å². The lowest BCUT2D eigenvalue weighted by Crippen LogP contribution is -2.29. The quantitative estimate of drug-likeness (QED) is 0.856. The molecular formula is C19H25N3O2. The zero-order chi connectivity index (χ0) is 17.3. The predicted octanol–water partition coefficient (Wildman–Crippen LogP) is 3.11. The smallest absolute Gasteiger partial charge is 0.254 e. The first-order chi connectivity index (χ1) is 11.5. The summed E-state index contributed by atoms with van der Waals surface area (Å²) in [4.78, 5) is 12.5. The fraction of sp³-hybridized carbons (Fsp3) is 0.474. The first-order valence-electron chi connectivity index (χ1n) is 8.57. The van der Waals surface area contributed by atoms with Gasteiger partial charge in [-0.1, -0.05) is 29.8 Å². The van der Waals surface area contributed by atoms with Crippen LogP contribution in [-0.2, 0) is 0 Å². The molecule has 3 rings (SSSR count). The summed E-state index contributed by atoms with van der Waals surface area (Å²) in [5.74, 6) is 0.285. The molecule has 1 atom stereocenters. The number of carbonyl (C=O) groups excluding carboxylic acids is 1. The van der Waals surface area contributed by atoms with Crippen LogP contribution in [0.4, 0.5) is 0 Å². The summed E-state index contributed by atoms with van der Waals surface area (Å²) in [6.45, 7) is 6.34. The highest BCUT2D eigenvalue weighted by atomic mass is 16.3. The summed E-state index contributed by atoms with van der Waals surface area (Å²) in [5.41, 5.74) is 3.63. The first-order valence-corrected chi connectivity index (χ1v) is 8.57. The van der Waals surface area contributed by atoms with Crippen molar-refractivity contribution in [3.63, 3.8) is 0 Å². The summed E-state index contributed by atoms with van der Waals surface area (Å²) in [6, 6.07) is 7.92. The van der Waals surface area contributed by atoms with Crippen LogP contribution in [0.2, 0.25) is 0 Å². The molecule has 1 unspecified atom stereocenters. The Labute approximate surface area is 142 Å². The lowest BCUT2D eigenvalue weighted by Gasteiger charge is -2.14. The van der Waals surface area contributed by atoms with Gasteiger partial charge in [-0.15, -0.1) is 0 Å². The van der Waals surface area contributed by atoms with Gasteiger partial charge < -0.3 is 10.4 Å². The fourth-order valence-corrected chi connectivity index (χ4v) is 2.91. The molecule has 1 aliphatic rings. The monoisotopic (exact) mass is 327 g/mol. The molecule has 0 aliphatic heterocycles. The fourth-order valence-electron chi connectivity index (χ4n) is 2.91. The van der Waals surface area contributed by atoms with E-state index in [0.29, 0.717) is 11.5 Å². The molecule has 0 radical (unpaired) electrons. The molecule has 0 bridgehead atoms. The van der Waals surface area contributed by atoms with E-state index in [1.54, 1.807) is 6.20 Å². The van der Waals surface area contributed by atoms with Crippen LogP contribution >= 0.6 is 0 Å². The highest BCUT2D eigenvalue weighted by molar-refractivity contribution is 5.95. The number of amides is 1. The van der Waals surface area contributed by atoms with Crippen molar-refractivity contribution < 1.29 is 9.90 Å². The number of nitrogens with one attached hydrogen (secondary N) is 1. The van der Waals surface area contributed by atoms with Crippen molar-refractivity contribution in [3.8, 4) is 0 Å². The number of nitrogens with zero attached hydrogens (tertiary/aromatic N) is 2. The van der Waals surface area contributed by atoms with Gasteiger partial charge >= 0.3 is 0 Å². The predicted molar refractivity (Wildman–Crippen MR) is 93.1 cm³/mol. The van der Waals surface area contributed by atoms with Crippen molar-refractivity contribution in [2.75, 3.05) is 6.54 Å². The van der Waals surface area contributed by atoms with Crippen LogP contribution < -0.4 is 5.32 Å². The Bertz CT molecular complexity index is 715. The van der Waals surface area contributed by atoms with Gasteiger partial charge in [0.2, 0.25) is 0 Å². The van der Waals surface area contributed by atoms with Crippen LogP contribution in [0.3, 0.4) is 0 Å². The van der Waals surface area contributed by atoms with Gasteiger partial charge in [0, 0.05) is 18.5 Å². The second kappa shape index (κ2) is 6.77. The maximum atomic E-state index is 12.5. The number of aliphatic hydroxyl groups is 1. The van der Waals surface area contributed by atoms with Crippen LogP contribution in [-0.4, -0.2) is 27.3 Å². The Morgan fingerprint density at radius 2 is 2.00 bits per heavy atom.